The fourth-order valence-electron chi connectivity index (χ4n) is 3.33. The molecule has 2 aromatic carbocycles. The van der Waals surface area contributed by atoms with Crippen molar-refractivity contribution < 1.29 is 4.79 Å². The van der Waals surface area contributed by atoms with Crippen molar-refractivity contribution in [3.8, 4) is 0 Å². The van der Waals surface area contributed by atoms with Gasteiger partial charge >= 0.3 is 0 Å². The van der Waals surface area contributed by atoms with Crippen molar-refractivity contribution in [2.24, 2.45) is 0 Å². The van der Waals surface area contributed by atoms with Crippen LogP contribution in [-0.4, -0.2) is 29.9 Å². The van der Waals surface area contributed by atoms with Gasteiger partial charge in [0, 0.05) is 19.1 Å². The van der Waals surface area contributed by atoms with Crippen LogP contribution in [0.1, 0.15) is 29.5 Å². The summed E-state index contributed by atoms with van der Waals surface area (Å²) in [6.07, 6.45) is 2.68. The molecule has 1 heterocycles. The lowest BCUT2D eigenvalue weighted by Gasteiger charge is -2.33. The minimum atomic E-state index is 0.130. The van der Waals surface area contributed by atoms with Crippen LogP contribution in [0.2, 0.25) is 0 Å². The van der Waals surface area contributed by atoms with E-state index >= 15 is 0 Å². The molecule has 1 amide bonds. The topological polar surface area (TPSA) is 32.3 Å². The highest BCUT2D eigenvalue weighted by atomic mass is 16.1. The lowest BCUT2D eigenvalue weighted by atomic mass is 10.0. The van der Waals surface area contributed by atoms with Gasteiger partial charge in [-0.1, -0.05) is 60.2 Å². The van der Waals surface area contributed by atoms with Gasteiger partial charge in [-0.15, -0.1) is 0 Å². The van der Waals surface area contributed by atoms with Gasteiger partial charge in [-0.2, -0.15) is 0 Å². The van der Waals surface area contributed by atoms with E-state index in [1.807, 2.05) is 18.2 Å². The van der Waals surface area contributed by atoms with Crippen LogP contribution < -0.4 is 5.32 Å². The molecule has 0 saturated carbocycles. The van der Waals surface area contributed by atoms with Gasteiger partial charge in [0.1, 0.15) is 0 Å². The SMILES string of the molecule is Cc1ccc(CC(=O)N[C@H]2CCCN(Cc3ccccc3)C2)cc1. The third-order valence-corrected chi connectivity index (χ3v) is 4.60. The summed E-state index contributed by atoms with van der Waals surface area (Å²) in [6.45, 7) is 5.08. The lowest BCUT2D eigenvalue weighted by molar-refractivity contribution is -0.121. The van der Waals surface area contributed by atoms with Crippen LogP contribution in [0.4, 0.5) is 0 Å². The standard InChI is InChI=1S/C21H26N2O/c1-17-9-11-18(12-10-17)14-21(24)22-20-8-5-13-23(16-20)15-19-6-3-2-4-7-19/h2-4,6-7,9-12,20H,5,8,13-16H2,1H3,(H,22,24)/t20-/m0/s1. The molecule has 0 aromatic heterocycles. The number of nitrogens with zero attached hydrogens (tertiary/aromatic N) is 1. The lowest BCUT2D eigenvalue weighted by Crippen LogP contribution is -2.47. The van der Waals surface area contributed by atoms with E-state index < -0.39 is 0 Å². The zero-order valence-electron chi connectivity index (χ0n) is 14.4. The van der Waals surface area contributed by atoms with E-state index in [9.17, 15) is 4.79 Å². The number of hydrogen-bond acceptors (Lipinski definition) is 2. The molecule has 2 aromatic rings. The number of benzene rings is 2. The number of piperidine rings is 1. The van der Waals surface area contributed by atoms with E-state index in [1.165, 1.54) is 11.1 Å². The summed E-state index contributed by atoms with van der Waals surface area (Å²) in [5.74, 6) is 0.130. The third-order valence-electron chi connectivity index (χ3n) is 4.60. The molecule has 1 aliphatic rings. The van der Waals surface area contributed by atoms with E-state index in [0.29, 0.717) is 6.42 Å². The fourth-order valence-corrected chi connectivity index (χ4v) is 3.33. The summed E-state index contributed by atoms with van der Waals surface area (Å²) in [7, 11) is 0. The smallest absolute Gasteiger partial charge is 0.224 e. The molecule has 3 rings (SSSR count). The molecular formula is C21H26N2O. The highest BCUT2D eigenvalue weighted by Gasteiger charge is 2.21. The molecule has 1 N–H and O–H groups in total. The van der Waals surface area contributed by atoms with Crippen LogP contribution in [-0.2, 0) is 17.8 Å². The van der Waals surface area contributed by atoms with Crippen molar-refractivity contribution in [2.45, 2.75) is 38.8 Å². The maximum Gasteiger partial charge on any atom is 0.224 e. The predicted molar refractivity (Wildman–Crippen MR) is 97.8 cm³/mol. The van der Waals surface area contributed by atoms with Crippen molar-refractivity contribution in [1.82, 2.24) is 10.2 Å². The largest absolute Gasteiger partial charge is 0.352 e. The van der Waals surface area contributed by atoms with Crippen molar-refractivity contribution in [3.63, 3.8) is 0 Å². The normalized spacial score (nSPS) is 18.3. The Balaban J connectivity index is 1.49. The van der Waals surface area contributed by atoms with Gasteiger partial charge in [-0.25, -0.2) is 0 Å². The highest BCUT2D eigenvalue weighted by Crippen LogP contribution is 2.14. The molecule has 1 fully saturated rings. The molecule has 1 atom stereocenters. The number of rotatable bonds is 5. The Bertz CT molecular complexity index is 651. The second kappa shape index (κ2) is 8.11. The minimum Gasteiger partial charge on any atom is -0.352 e. The Morgan fingerprint density at radius 1 is 1.08 bits per heavy atom. The van der Waals surface area contributed by atoms with Gasteiger partial charge in [0.2, 0.25) is 5.91 Å². The van der Waals surface area contributed by atoms with Gasteiger partial charge in [0.15, 0.2) is 0 Å². The Morgan fingerprint density at radius 3 is 2.58 bits per heavy atom. The maximum absolute atomic E-state index is 12.3. The van der Waals surface area contributed by atoms with E-state index in [-0.39, 0.29) is 11.9 Å². The molecule has 0 unspecified atom stereocenters. The van der Waals surface area contributed by atoms with Gasteiger partial charge in [0.25, 0.3) is 0 Å². The van der Waals surface area contributed by atoms with E-state index in [0.717, 1.165) is 38.0 Å². The van der Waals surface area contributed by atoms with Crippen molar-refractivity contribution in [1.29, 1.82) is 0 Å². The van der Waals surface area contributed by atoms with Crippen LogP contribution in [0.3, 0.4) is 0 Å². The summed E-state index contributed by atoms with van der Waals surface area (Å²) >= 11 is 0. The number of amides is 1. The quantitative estimate of drug-likeness (QED) is 0.916. The first-order chi connectivity index (χ1) is 11.7. The Hall–Kier alpha value is -2.13. The Labute approximate surface area is 144 Å². The predicted octanol–water partition coefficient (Wildman–Crippen LogP) is 3.32. The number of carbonyl (C=O) groups is 1. The summed E-state index contributed by atoms with van der Waals surface area (Å²) in [5, 5.41) is 3.22. The average molecular weight is 322 g/mol. The molecular weight excluding hydrogens is 296 g/mol. The monoisotopic (exact) mass is 322 g/mol. The first kappa shape index (κ1) is 16.7. The van der Waals surface area contributed by atoms with Gasteiger partial charge in [-0.3, -0.25) is 9.69 Å². The van der Waals surface area contributed by atoms with Gasteiger partial charge < -0.3 is 5.32 Å². The number of nitrogens with one attached hydrogen (secondary N) is 1. The Kier molecular flexibility index (Phi) is 5.65. The summed E-state index contributed by atoms with van der Waals surface area (Å²) in [6, 6.07) is 19.0. The minimum absolute atomic E-state index is 0.130. The van der Waals surface area contributed by atoms with Gasteiger partial charge in [0.05, 0.1) is 6.42 Å². The van der Waals surface area contributed by atoms with Crippen molar-refractivity contribution in [2.75, 3.05) is 13.1 Å². The van der Waals surface area contributed by atoms with Crippen LogP contribution >= 0.6 is 0 Å². The van der Waals surface area contributed by atoms with E-state index in [2.05, 4.69) is 53.5 Å². The molecule has 3 nitrogen and oxygen atoms in total. The van der Waals surface area contributed by atoms with Crippen molar-refractivity contribution in [3.05, 3.63) is 71.3 Å². The zero-order chi connectivity index (χ0) is 16.8. The molecule has 0 bridgehead atoms. The number of hydrogen-bond donors (Lipinski definition) is 1. The highest BCUT2D eigenvalue weighted by molar-refractivity contribution is 5.78. The second-order valence-electron chi connectivity index (χ2n) is 6.79. The van der Waals surface area contributed by atoms with E-state index in [4.69, 9.17) is 0 Å². The molecule has 3 heteroatoms. The Morgan fingerprint density at radius 2 is 1.83 bits per heavy atom. The third kappa shape index (κ3) is 4.93. The van der Waals surface area contributed by atoms with E-state index in [1.54, 1.807) is 0 Å². The molecule has 1 aliphatic heterocycles. The second-order valence-corrected chi connectivity index (χ2v) is 6.79. The average Bonchev–Trinajstić information content (AvgIpc) is 2.58. The number of carbonyl (C=O) groups excluding carboxylic acids is 1. The van der Waals surface area contributed by atoms with Crippen molar-refractivity contribution >= 4 is 5.91 Å². The van der Waals surface area contributed by atoms with Crippen LogP contribution in [0.5, 0.6) is 0 Å². The van der Waals surface area contributed by atoms with Crippen LogP contribution in [0, 0.1) is 6.92 Å². The molecule has 0 aliphatic carbocycles. The number of likely N-dealkylation sites (tertiary alicyclic amines) is 1. The first-order valence-corrected chi connectivity index (χ1v) is 8.80. The van der Waals surface area contributed by atoms with Gasteiger partial charge in [-0.05, 0) is 37.4 Å². The molecule has 126 valence electrons. The fraction of sp³-hybridized carbons (Fsp3) is 0.381. The molecule has 24 heavy (non-hydrogen) atoms. The number of aryl methyl sites for hydroxylation is 1. The van der Waals surface area contributed by atoms with Crippen LogP contribution in [0.15, 0.2) is 54.6 Å². The summed E-state index contributed by atoms with van der Waals surface area (Å²) in [4.78, 5) is 14.7. The maximum atomic E-state index is 12.3. The summed E-state index contributed by atoms with van der Waals surface area (Å²) < 4.78 is 0. The van der Waals surface area contributed by atoms with Crippen LogP contribution in [0.25, 0.3) is 0 Å². The molecule has 0 spiro atoms. The molecule has 0 radical (unpaired) electrons. The first-order valence-electron chi connectivity index (χ1n) is 8.80. The zero-order valence-corrected chi connectivity index (χ0v) is 14.4. The molecule has 1 saturated heterocycles. The summed E-state index contributed by atoms with van der Waals surface area (Å²) in [5.41, 5.74) is 3.64.